The van der Waals surface area contributed by atoms with Crippen molar-refractivity contribution < 1.29 is 14.6 Å². The Bertz CT molecular complexity index is 739. The van der Waals surface area contributed by atoms with Crippen molar-refractivity contribution >= 4 is 5.78 Å². The number of ether oxygens (including phenoxy) is 1. The third-order valence-corrected chi connectivity index (χ3v) is 11.1. The van der Waals surface area contributed by atoms with Crippen LogP contribution in [0.15, 0.2) is 0 Å². The summed E-state index contributed by atoms with van der Waals surface area (Å²) >= 11 is 0. The van der Waals surface area contributed by atoms with E-state index in [1.165, 1.54) is 19.3 Å². The molecular weight excluding hydrogens is 326 g/mol. The van der Waals surface area contributed by atoms with E-state index in [1.54, 1.807) is 0 Å². The number of ketones is 1. The molecule has 26 heavy (non-hydrogen) atoms. The van der Waals surface area contributed by atoms with Crippen LogP contribution in [0.5, 0.6) is 0 Å². The van der Waals surface area contributed by atoms with Gasteiger partial charge in [-0.05, 0) is 55.3 Å². The van der Waals surface area contributed by atoms with Crippen molar-refractivity contribution in [3.8, 4) is 0 Å². The van der Waals surface area contributed by atoms with Crippen molar-refractivity contribution in [2.45, 2.75) is 64.2 Å². The van der Waals surface area contributed by atoms with E-state index in [9.17, 15) is 9.90 Å². The van der Waals surface area contributed by atoms with Gasteiger partial charge in [-0.15, -0.1) is 0 Å². The van der Waals surface area contributed by atoms with E-state index in [0.29, 0.717) is 23.5 Å². The minimum Gasteiger partial charge on any atom is -0.392 e. The topological polar surface area (TPSA) is 49.8 Å². The lowest BCUT2D eigenvalue weighted by molar-refractivity contribution is -0.283. The fourth-order valence-electron chi connectivity index (χ4n) is 10.7. The summed E-state index contributed by atoms with van der Waals surface area (Å²) in [6.45, 7) is 7.57. The summed E-state index contributed by atoms with van der Waals surface area (Å²) in [5.41, 5.74) is -0.354. The van der Waals surface area contributed by atoms with Crippen LogP contribution >= 0.6 is 0 Å². The minimum absolute atomic E-state index is 0.114. The summed E-state index contributed by atoms with van der Waals surface area (Å²) in [7, 11) is 0. The van der Waals surface area contributed by atoms with E-state index >= 15 is 0 Å². The number of hydrogen-bond donors (Lipinski definition) is 1. The Hall–Kier alpha value is -0.450. The van der Waals surface area contributed by atoms with Crippen LogP contribution in [0.4, 0.5) is 0 Å². The minimum atomic E-state index is -0.504. The predicted octanol–water partition coefficient (Wildman–Crippen LogP) is 2.45. The number of fused-ring (bicyclic) bond motifs is 1. The highest BCUT2D eigenvalue weighted by molar-refractivity contribution is 5.91. The van der Waals surface area contributed by atoms with Crippen LogP contribution in [0, 0.1) is 45.8 Å². The second kappa shape index (κ2) is 4.11. The van der Waals surface area contributed by atoms with E-state index in [1.807, 2.05) is 0 Å². The molecule has 0 radical (unpaired) electrons. The van der Waals surface area contributed by atoms with Crippen LogP contribution in [0.25, 0.3) is 0 Å². The first-order valence-electron chi connectivity index (χ1n) is 11.0. The van der Waals surface area contributed by atoms with E-state index < -0.39 is 11.5 Å². The first-order valence-corrected chi connectivity index (χ1v) is 11.0. The lowest BCUT2D eigenvalue weighted by atomic mass is 9.38. The maximum Gasteiger partial charge on any atom is 0.145 e. The molecule has 8 aliphatic rings. The highest BCUT2D eigenvalue weighted by atomic mass is 16.5. The van der Waals surface area contributed by atoms with Gasteiger partial charge in [-0.25, -0.2) is 0 Å². The van der Waals surface area contributed by atoms with E-state index in [4.69, 9.17) is 4.74 Å². The van der Waals surface area contributed by atoms with Crippen LogP contribution < -0.4 is 0 Å². The van der Waals surface area contributed by atoms with E-state index in [2.05, 4.69) is 18.7 Å². The van der Waals surface area contributed by atoms with Gasteiger partial charge in [-0.2, -0.15) is 0 Å². The van der Waals surface area contributed by atoms with Gasteiger partial charge in [0.25, 0.3) is 0 Å². The summed E-state index contributed by atoms with van der Waals surface area (Å²) in [6.07, 6.45) is 6.41. The summed E-state index contributed by atoms with van der Waals surface area (Å²) in [6, 6.07) is 0. The highest BCUT2D eigenvalue weighted by Gasteiger charge is 2.90. The molecule has 6 saturated carbocycles. The summed E-state index contributed by atoms with van der Waals surface area (Å²) in [5, 5.41) is 11.6. The molecule has 8 rings (SSSR count). The molecule has 10 atom stereocenters. The predicted molar refractivity (Wildman–Crippen MR) is 95.1 cm³/mol. The van der Waals surface area contributed by atoms with Gasteiger partial charge in [-0.1, -0.05) is 20.3 Å². The Morgan fingerprint density at radius 3 is 2.81 bits per heavy atom. The molecule has 2 saturated heterocycles. The largest absolute Gasteiger partial charge is 0.392 e. The molecule has 4 nitrogen and oxygen atoms in total. The second-order valence-corrected chi connectivity index (χ2v) is 11.2. The van der Waals surface area contributed by atoms with Crippen molar-refractivity contribution in [3.05, 3.63) is 0 Å². The SMILES string of the molecule is CC1C(=O)C23C(O)CC4C5(C)CCCC46C2CC1CC3[C@]61OCCN1C5. The molecule has 0 aromatic heterocycles. The van der Waals surface area contributed by atoms with Gasteiger partial charge >= 0.3 is 0 Å². The molecule has 0 amide bonds. The van der Waals surface area contributed by atoms with Gasteiger partial charge in [0.15, 0.2) is 0 Å². The van der Waals surface area contributed by atoms with Gasteiger partial charge in [-0.3, -0.25) is 9.69 Å². The molecule has 2 heterocycles. The Morgan fingerprint density at radius 2 is 1.96 bits per heavy atom. The molecule has 3 spiro atoms. The Labute approximate surface area is 155 Å². The number of carbonyl (C=O) groups is 1. The van der Waals surface area contributed by atoms with Crippen LogP contribution in [0.1, 0.15) is 52.4 Å². The van der Waals surface area contributed by atoms with Gasteiger partial charge in [0, 0.05) is 30.3 Å². The number of aliphatic hydroxyl groups is 1. The normalized spacial score (nSPS) is 67.6. The van der Waals surface area contributed by atoms with Crippen LogP contribution in [-0.2, 0) is 9.53 Å². The average Bonchev–Trinajstić information content (AvgIpc) is 3.04. The van der Waals surface area contributed by atoms with Crippen LogP contribution in [0.3, 0.4) is 0 Å². The maximum atomic E-state index is 13.8. The lowest BCUT2D eigenvalue weighted by Gasteiger charge is -2.69. The van der Waals surface area contributed by atoms with Crippen molar-refractivity contribution in [3.63, 3.8) is 0 Å². The summed E-state index contributed by atoms with van der Waals surface area (Å²) in [4.78, 5) is 16.5. The smallest absolute Gasteiger partial charge is 0.145 e. The number of hydrogen-bond acceptors (Lipinski definition) is 4. The van der Waals surface area contributed by atoms with Gasteiger partial charge in [0.1, 0.15) is 11.5 Å². The zero-order valence-electron chi connectivity index (χ0n) is 16.0. The number of carbonyl (C=O) groups excluding carboxylic acids is 1. The molecule has 142 valence electrons. The van der Waals surface area contributed by atoms with E-state index in [0.717, 1.165) is 39.0 Å². The molecular formula is C22H31NO3. The summed E-state index contributed by atoms with van der Waals surface area (Å²) < 4.78 is 6.83. The zero-order valence-corrected chi connectivity index (χ0v) is 16.0. The zero-order chi connectivity index (χ0) is 17.7. The average molecular weight is 357 g/mol. The fourth-order valence-corrected chi connectivity index (χ4v) is 10.7. The standard InChI is InChI=1S/C22H31NO3/c1-12-13-8-15-20-5-3-4-19(2)11-23-6-7-26-22(20,23)16(9-13)21(15,18(12)25)17(24)10-14(19)20/h12-17,24H,3-11H2,1-2H3/t12?,13?,14?,15?,16?,17?,19?,20?,21?,22-/m0/s1. The lowest BCUT2D eigenvalue weighted by Crippen LogP contribution is -2.72. The number of aliphatic hydroxyl groups excluding tert-OH is 1. The molecule has 0 aromatic carbocycles. The van der Waals surface area contributed by atoms with Crippen LogP contribution in [-0.4, -0.2) is 47.3 Å². The molecule has 6 bridgehead atoms. The molecule has 4 heteroatoms. The monoisotopic (exact) mass is 357 g/mol. The number of nitrogens with zero attached hydrogens (tertiary/aromatic N) is 1. The van der Waals surface area contributed by atoms with Gasteiger partial charge in [0.2, 0.25) is 0 Å². The molecule has 0 aromatic rings. The number of piperidine rings is 1. The van der Waals surface area contributed by atoms with Crippen molar-refractivity contribution in [2.24, 2.45) is 45.8 Å². The molecule has 2 aliphatic heterocycles. The van der Waals surface area contributed by atoms with Gasteiger partial charge in [0.05, 0.1) is 18.1 Å². The number of Topliss-reactive ketones (excluding diaryl/α,β-unsaturated/α-hetero) is 1. The third kappa shape index (κ3) is 1.14. The molecule has 8 fully saturated rings. The second-order valence-electron chi connectivity index (χ2n) is 11.2. The van der Waals surface area contributed by atoms with Crippen molar-refractivity contribution in [1.82, 2.24) is 4.90 Å². The van der Waals surface area contributed by atoms with Gasteiger partial charge < -0.3 is 9.84 Å². The molecule has 6 aliphatic carbocycles. The Kier molecular flexibility index (Phi) is 2.45. The highest BCUT2D eigenvalue weighted by Crippen LogP contribution is 2.85. The first-order chi connectivity index (χ1) is 12.4. The fraction of sp³-hybridized carbons (Fsp3) is 0.955. The Balaban J connectivity index is 1.58. The number of rotatable bonds is 0. The third-order valence-electron chi connectivity index (χ3n) is 11.1. The quantitative estimate of drug-likeness (QED) is 0.723. The van der Waals surface area contributed by atoms with Crippen LogP contribution in [0.2, 0.25) is 0 Å². The molecule has 1 N–H and O–H groups in total. The first kappa shape index (κ1) is 15.5. The Morgan fingerprint density at radius 1 is 1.15 bits per heavy atom. The van der Waals surface area contributed by atoms with E-state index in [-0.39, 0.29) is 28.4 Å². The maximum absolute atomic E-state index is 13.8. The molecule has 9 unspecified atom stereocenters. The van der Waals surface area contributed by atoms with Crippen molar-refractivity contribution in [1.29, 1.82) is 0 Å². The summed E-state index contributed by atoms with van der Waals surface area (Å²) in [5.74, 6) is 2.16. The van der Waals surface area contributed by atoms with Crippen molar-refractivity contribution in [2.75, 3.05) is 19.7 Å².